The van der Waals surface area contributed by atoms with Crippen LogP contribution >= 0.6 is 11.6 Å². The second kappa shape index (κ2) is 7.75. The van der Waals surface area contributed by atoms with Gasteiger partial charge in [0.15, 0.2) is 0 Å². The topological polar surface area (TPSA) is 75.1 Å². The van der Waals surface area contributed by atoms with E-state index in [1.807, 2.05) is 37.3 Å². The van der Waals surface area contributed by atoms with E-state index >= 15 is 0 Å². The fourth-order valence-corrected chi connectivity index (χ4v) is 2.28. The molecule has 6 heteroatoms. The second-order valence-corrected chi connectivity index (χ2v) is 5.42. The van der Waals surface area contributed by atoms with Crippen molar-refractivity contribution in [1.82, 2.24) is 15.3 Å². The SMILES string of the molecule is Cc1nc(CCCCNC(=O)O)cc(-c2ccc(Cl)cc2)n1. The molecular formula is C16H18ClN3O2. The summed E-state index contributed by atoms with van der Waals surface area (Å²) in [5, 5.41) is 11.6. The molecule has 0 fully saturated rings. The van der Waals surface area contributed by atoms with Crippen molar-refractivity contribution < 1.29 is 9.90 Å². The Balaban J connectivity index is 2.00. The van der Waals surface area contributed by atoms with Crippen LogP contribution in [-0.2, 0) is 6.42 Å². The number of hydrogen-bond acceptors (Lipinski definition) is 3. The fraction of sp³-hybridized carbons (Fsp3) is 0.312. The first-order valence-electron chi connectivity index (χ1n) is 7.12. The normalized spacial score (nSPS) is 10.5. The molecule has 0 aliphatic heterocycles. The van der Waals surface area contributed by atoms with Gasteiger partial charge in [-0.25, -0.2) is 14.8 Å². The molecule has 1 amide bonds. The van der Waals surface area contributed by atoms with Gasteiger partial charge in [-0.3, -0.25) is 0 Å². The third kappa shape index (κ3) is 5.00. The molecular weight excluding hydrogens is 302 g/mol. The molecule has 0 atom stereocenters. The lowest BCUT2D eigenvalue weighted by molar-refractivity contribution is 0.194. The van der Waals surface area contributed by atoms with Crippen LogP contribution in [0, 0.1) is 6.92 Å². The molecule has 1 aromatic carbocycles. The highest BCUT2D eigenvalue weighted by Gasteiger charge is 2.05. The maximum Gasteiger partial charge on any atom is 0.404 e. The second-order valence-electron chi connectivity index (χ2n) is 4.99. The summed E-state index contributed by atoms with van der Waals surface area (Å²) in [4.78, 5) is 19.3. The summed E-state index contributed by atoms with van der Waals surface area (Å²) in [6, 6.07) is 9.52. The summed E-state index contributed by atoms with van der Waals surface area (Å²) in [7, 11) is 0. The van der Waals surface area contributed by atoms with E-state index in [2.05, 4.69) is 15.3 Å². The van der Waals surface area contributed by atoms with Crippen molar-refractivity contribution in [3.8, 4) is 11.3 Å². The molecule has 1 aromatic heterocycles. The van der Waals surface area contributed by atoms with Crippen LogP contribution in [0.25, 0.3) is 11.3 Å². The molecule has 0 bridgehead atoms. The number of nitrogens with one attached hydrogen (secondary N) is 1. The Kier molecular flexibility index (Phi) is 5.72. The van der Waals surface area contributed by atoms with Gasteiger partial charge in [-0.05, 0) is 44.4 Å². The Morgan fingerprint density at radius 1 is 1.23 bits per heavy atom. The number of carbonyl (C=O) groups is 1. The number of benzene rings is 1. The molecule has 0 aliphatic carbocycles. The van der Waals surface area contributed by atoms with Gasteiger partial charge >= 0.3 is 6.09 Å². The number of nitrogens with zero attached hydrogens (tertiary/aromatic N) is 2. The van der Waals surface area contributed by atoms with E-state index in [-0.39, 0.29) is 0 Å². The average molecular weight is 320 g/mol. The van der Waals surface area contributed by atoms with Crippen LogP contribution < -0.4 is 5.32 Å². The quantitative estimate of drug-likeness (QED) is 0.796. The molecule has 0 unspecified atom stereocenters. The van der Waals surface area contributed by atoms with E-state index in [1.54, 1.807) is 0 Å². The predicted molar refractivity (Wildman–Crippen MR) is 86.2 cm³/mol. The Morgan fingerprint density at radius 2 is 1.95 bits per heavy atom. The van der Waals surface area contributed by atoms with Crippen molar-refractivity contribution in [2.45, 2.75) is 26.2 Å². The zero-order valence-corrected chi connectivity index (χ0v) is 13.1. The molecule has 0 aliphatic rings. The van der Waals surface area contributed by atoms with Crippen LogP contribution in [0.2, 0.25) is 5.02 Å². The minimum absolute atomic E-state index is 0.462. The van der Waals surface area contributed by atoms with Crippen LogP contribution in [0.3, 0.4) is 0 Å². The van der Waals surface area contributed by atoms with Gasteiger partial charge in [0.05, 0.1) is 5.69 Å². The van der Waals surface area contributed by atoms with Crippen molar-refractivity contribution >= 4 is 17.7 Å². The van der Waals surface area contributed by atoms with E-state index in [0.29, 0.717) is 11.6 Å². The summed E-state index contributed by atoms with van der Waals surface area (Å²) >= 11 is 5.90. The zero-order valence-electron chi connectivity index (χ0n) is 12.3. The van der Waals surface area contributed by atoms with Gasteiger partial charge in [-0.1, -0.05) is 23.7 Å². The predicted octanol–water partition coefficient (Wildman–Crippen LogP) is 3.70. The van der Waals surface area contributed by atoms with E-state index < -0.39 is 6.09 Å². The highest BCUT2D eigenvalue weighted by Crippen LogP contribution is 2.21. The first-order valence-corrected chi connectivity index (χ1v) is 7.49. The van der Waals surface area contributed by atoms with Gasteiger partial charge in [-0.15, -0.1) is 0 Å². The Morgan fingerprint density at radius 3 is 2.64 bits per heavy atom. The van der Waals surface area contributed by atoms with Crippen LogP contribution in [0.1, 0.15) is 24.4 Å². The Hall–Kier alpha value is -2.14. The van der Waals surface area contributed by atoms with Crippen LogP contribution in [0.5, 0.6) is 0 Å². The highest BCUT2D eigenvalue weighted by molar-refractivity contribution is 6.30. The lowest BCUT2D eigenvalue weighted by Crippen LogP contribution is -2.21. The number of rotatable bonds is 6. The smallest absolute Gasteiger partial charge is 0.404 e. The van der Waals surface area contributed by atoms with E-state index in [4.69, 9.17) is 16.7 Å². The minimum Gasteiger partial charge on any atom is -0.465 e. The number of aryl methyl sites for hydroxylation is 2. The summed E-state index contributed by atoms with van der Waals surface area (Å²) < 4.78 is 0. The van der Waals surface area contributed by atoms with Gasteiger partial charge in [0.1, 0.15) is 5.82 Å². The van der Waals surface area contributed by atoms with Crippen molar-refractivity contribution in [1.29, 1.82) is 0 Å². The van der Waals surface area contributed by atoms with Gasteiger partial charge in [-0.2, -0.15) is 0 Å². The summed E-state index contributed by atoms with van der Waals surface area (Å²) in [5.41, 5.74) is 2.85. The van der Waals surface area contributed by atoms with E-state index in [0.717, 1.165) is 42.0 Å². The fourth-order valence-electron chi connectivity index (χ4n) is 2.15. The highest BCUT2D eigenvalue weighted by atomic mass is 35.5. The largest absolute Gasteiger partial charge is 0.465 e. The van der Waals surface area contributed by atoms with Crippen molar-refractivity contribution in [2.75, 3.05) is 6.54 Å². The van der Waals surface area contributed by atoms with Gasteiger partial charge in [0, 0.05) is 22.8 Å². The molecule has 0 spiro atoms. The summed E-state index contributed by atoms with van der Waals surface area (Å²) in [6.07, 6.45) is 1.47. The van der Waals surface area contributed by atoms with Crippen LogP contribution in [0.4, 0.5) is 4.79 Å². The Bertz CT molecular complexity index is 644. The summed E-state index contributed by atoms with van der Waals surface area (Å²) in [5.74, 6) is 0.728. The molecule has 5 nitrogen and oxygen atoms in total. The van der Waals surface area contributed by atoms with E-state index in [9.17, 15) is 4.79 Å². The standard InChI is InChI=1S/C16H18ClN3O2/c1-11-19-14(4-2-3-9-18-16(21)22)10-15(20-11)12-5-7-13(17)8-6-12/h5-8,10,18H,2-4,9H2,1H3,(H,21,22). The molecule has 2 N–H and O–H groups in total. The third-order valence-corrected chi connectivity index (χ3v) is 3.42. The number of hydrogen-bond donors (Lipinski definition) is 2. The molecule has 116 valence electrons. The molecule has 0 saturated heterocycles. The number of unbranched alkanes of at least 4 members (excludes halogenated alkanes) is 1. The number of halogens is 1. The van der Waals surface area contributed by atoms with Crippen LogP contribution in [-0.4, -0.2) is 27.7 Å². The maximum absolute atomic E-state index is 10.4. The van der Waals surface area contributed by atoms with Gasteiger partial charge in [0.25, 0.3) is 0 Å². The molecule has 0 saturated carbocycles. The molecule has 1 heterocycles. The number of amides is 1. The first kappa shape index (κ1) is 16.2. The lowest BCUT2D eigenvalue weighted by Gasteiger charge is -2.07. The number of carboxylic acid groups (broad SMARTS) is 1. The monoisotopic (exact) mass is 319 g/mol. The van der Waals surface area contributed by atoms with Crippen LogP contribution in [0.15, 0.2) is 30.3 Å². The van der Waals surface area contributed by atoms with Gasteiger partial charge in [0.2, 0.25) is 0 Å². The minimum atomic E-state index is -0.983. The molecule has 0 radical (unpaired) electrons. The van der Waals surface area contributed by atoms with E-state index in [1.165, 1.54) is 0 Å². The number of aromatic nitrogens is 2. The summed E-state index contributed by atoms with van der Waals surface area (Å²) in [6.45, 7) is 2.33. The maximum atomic E-state index is 10.4. The Labute approximate surface area is 134 Å². The van der Waals surface area contributed by atoms with Crippen molar-refractivity contribution in [3.63, 3.8) is 0 Å². The first-order chi connectivity index (χ1) is 10.5. The van der Waals surface area contributed by atoms with Gasteiger partial charge < -0.3 is 10.4 Å². The average Bonchev–Trinajstić information content (AvgIpc) is 2.46. The van der Waals surface area contributed by atoms with Crippen molar-refractivity contribution in [2.24, 2.45) is 0 Å². The van der Waals surface area contributed by atoms with Crippen molar-refractivity contribution in [3.05, 3.63) is 46.9 Å². The molecule has 22 heavy (non-hydrogen) atoms. The lowest BCUT2D eigenvalue weighted by atomic mass is 10.1. The molecule has 2 aromatic rings. The zero-order chi connectivity index (χ0) is 15.9. The third-order valence-electron chi connectivity index (χ3n) is 3.17. The molecule has 2 rings (SSSR count).